The predicted molar refractivity (Wildman–Crippen MR) is 115 cm³/mol. The van der Waals surface area contributed by atoms with Crippen LogP contribution in [0.2, 0.25) is 0 Å². The Kier molecular flexibility index (Phi) is 10.4. The monoisotopic (exact) mass is 444 g/mol. The smallest absolute Gasteiger partial charge is 0.305 e. The topological polar surface area (TPSA) is 92.7 Å². The molecule has 4 heterocycles. The molecular weight excluding hydrogens is 404 g/mol. The number of rotatable bonds is 1. The standard InChI is InChI=1S/C12H20O5.C7H12O.C4H8O2/c1-12(2)15-6-11-10(17-12)4-8-9(16-11)3-7(13)5-14-8;1-6-4-3-5-8-7(6)2;1-3-4(5)6-2/h7-11,13H,3-6H2,1-2H3;7H,1,3-5H2,2H3;3H2,1-2H3/t7-,8+,9+,10-,11-;7-;/m11./s1. The summed E-state index contributed by atoms with van der Waals surface area (Å²) in [5.74, 6) is -0.694. The van der Waals surface area contributed by atoms with Gasteiger partial charge in [0.15, 0.2) is 5.79 Å². The van der Waals surface area contributed by atoms with Gasteiger partial charge in [-0.2, -0.15) is 0 Å². The molecule has 1 N–H and O–H groups in total. The molecule has 4 aliphatic heterocycles. The fraction of sp³-hybridized carbons (Fsp3) is 0.870. The van der Waals surface area contributed by atoms with Crippen molar-refractivity contribution < 1.29 is 38.3 Å². The summed E-state index contributed by atoms with van der Waals surface area (Å²) in [6.07, 6.45) is 4.20. The van der Waals surface area contributed by atoms with Crippen LogP contribution in [0.25, 0.3) is 0 Å². The third-order valence-electron chi connectivity index (χ3n) is 5.78. The number of esters is 1. The van der Waals surface area contributed by atoms with Gasteiger partial charge in [0, 0.05) is 25.9 Å². The van der Waals surface area contributed by atoms with Gasteiger partial charge in [-0.3, -0.25) is 4.79 Å². The number of aliphatic hydroxyl groups excluding tert-OH is 1. The molecule has 4 aliphatic rings. The molecule has 4 saturated heterocycles. The molecule has 4 rings (SSSR count). The summed E-state index contributed by atoms with van der Waals surface area (Å²) in [7, 11) is 1.38. The van der Waals surface area contributed by atoms with Crippen LogP contribution in [0.4, 0.5) is 0 Å². The highest BCUT2D eigenvalue weighted by molar-refractivity contribution is 5.68. The second-order valence-electron chi connectivity index (χ2n) is 8.78. The first kappa shape index (κ1) is 26.2. The van der Waals surface area contributed by atoms with E-state index in [9.17, 15) is 9.90 Å². The first-order chi connectivity index (χ1) is 14.6. The van der Waals surface area contributed by atoms with Gasteiger partial charge >= 0.3 is 5.97 Å². The molecule has 0 spiro atoms. The predicted octanol–water partition coefficient (Wildman–Crippen LogP) is 2.76. The average molecular weight is 445 g/mol. The molecule has 0 amide bonds. The van der Waals surface area contributed by atoms with Crippen molar-refractivity contribution in [2.24, 2.45) is 0 Å². The zero-order valence-corrected chi connectivity index (χ0v) is 19.6. The Balaban J connectivity index is 0.000000203. The highest BCUT2D eigenvalue weighted by Crippen LogP contribution is 2.35. The minimum Gasteiger partial charge on any atom is -0.469 e. The van der Waals surface area contributed by atoms with Crippen molar-refractivity contribution in [2.75, 3.05) is 26.9 Å². The van der Waals surface area contributed by atoms with Crippen molar-refractivity contribution in [1.29, 1.82) is 0 Å². The number of ether oxygens (including phenoxy) is 6. The van der Waals surface area contributed by atoms with Gasteiger partial charge in [0.2, 0.25) is 0 Å². The molecule has 0 bridgehead atoms. The van der Waals surface area contributed by atoms with Gasteiger partial charge < -0.3 is 33.5 Å². The van der Waals surface area contributed by atoms with E-state index in [-0.39, 0.29) is 30.4 Å². The van der Waals surface area contributed by atoms with Crippen LogP contribution in [0.5, 0.6) is 0 Å². The van der Waals surface area contributed by atoms with E-state index in [1.165, 1.54) is 12.7 Å². The highest BCUT2D eigenvalue weighted by Gasteiger charge is 2.47. The number of hydrogen-bond acceptors (Lipinski definition) is 8. The lowest BCUT2D eigenvalue weighted by Gasteiger charge is -2.49. The van der Waals surface area contributed by atoms with E-state index in [4.69, 9.17) is 23.7 Å². The van der Waals surface area contributed by atoms with Crippen molar-refractivity contribution >= 4 is 5.97 Å². The Morgan fingerprint density at radius 3 is 2.45 bits per heavy atom. The summed E-state index contributed by atoms with van der Waals surface area (Å²) in [5, 5.41) is 9.56. The molecule has 0 aromatic heterocycles. The fourth-order valence-electron chi connectivity index (χ4n) is 3.86. The van der Waals surface area contributed by atoms with Crippen LogP contribution in [0.3, 0.4) is 0 Å². The Morgan fingerprint density at radius 2 is 1.90 bits per heavy atom. The van der Waals surface area contributed by atoms with Crippen molar-refractivity contribution in [1.82, 2.24) is 0 Å². The molecule has 0 saturated carbocycles. The largest absolute Gasteiger partial charge is 0.469 e. The van der Waals surface area contributed by atoms with Crippen LogP contribution in [0.15, 0.2) is 12.2 Å². The van der Waals surface area contributed by atoms with Crippen molar-refractivity contribution in [3.63, 3.8) is 0 Å². The third kappa shape index (κ3) is 8.44. The number of hydrogen-bond donors (Lipinski definition) is 1. The molecule has 8 nitrogen and oxygen atoms in total. The van der Waals surface area contributed by atoms with E-state index >= 15 is 0 Å². The maximum absolute atomic E-state index is 9.96. The van der Waals surface area contributed by atoms with E-state index in [1.807, 2.05) is 13.8 Å². The Bertz CT molecular complexity index is 572. The summed E-state index contributed by atoms with van der Waals surface area (Å²) >= 11 is 0. The van der Waals surface area contributed by atoms with E-state index in [1.54, 1.807) is 6.92 Å². The third-order valence-corrected chi connectivity index (χ3v) is 5.78. The van der Waals surface area contributed by atoms with E-state index in [0.29, 0.717) is 32.2 Å². The molecule has 0 aromatic carbocycles. The molecular formula is C23H40O8. The van der Waals surface area contributed by atoms with Crippen LogP contribution in [-0.4, -0.2) is 80.4 Å². The maximum atomic E-state index is 9.96. The zero-order chi connectivity index (χ0) is 23.0. The summed E-state index contributed by atoms with van der Waals surface area (Å²) in [6, 6.07) is 0. The molecule has 31 heavy (non-hydrogen) atoms. The number of fused-ring (bicyclic) bond motifs is 2. The minimum atomic E-state index is -0.536. The molecule has 0 aromatic rings. The molecule has 180 valence electrons. The first-order valence-corrected chi connectivity index (χ1v) is 11.3. The lowest BCUT2D eigenvalue weighted by atomic mass is 9.92. The first-order valence-electron chi connectivity index (χ1n) is 11.3. The van der Waals surface area contributed by atoms with Crippen LogP contribution < -0.4 is 0 Å². The van der Waals surface area contributed by atoms with Crippen LogP contribution in [0.1, 0.15) is 59.8 Å². The van der Waals surface area contributed by atoms with E-state index in [0.717, 1.165) is 25.9 Å². The Hall–Kier alpha value is -1.03. The van der Waals surface area contributed by atoms with Crippen LogP contribution in [0, 0.1) is 0 Å². The summed E-state index contributed by atoms with van der Waals surface area (Å²) in [4.78, 5) is 9.96. The van der Waals surface area contributed by atoms with Gasteiger partial charge in [-0.1, -0.05) is 13.5 Å². The molecule has 8 heteroatoms. The lowest BCUT2D eigenvalue weighted by Crippen LogP contribution is -2.59. The van der Waals surface area contributed by atoms with Gasteiger partial charge in [0.1, 0.15) is 6.10 Å². The van der Waals surface area contributed by atoms with Crippen molar-refractivity contribution in [3.8, 4) is 0 Å². The SMILES string of the molecule is C=C1CCCO[C@@H]1C.CC1(C)OC[C@H]2O[C@H]3C[C@@H](O)CO[C@H]3C[C@H]2O1.CCC(=O)OC. The minimum absolute atomic E-state index is 0.0200. The summed E-state index contributed by atoms with van der Waals surface area (Å²) in [5.41, 5.74) is 1.25. The summed E-state index contributed by atoms with van der Waals surface area (Å²) in [6.45, 7) is 13.4. The number of aliphatic hydroxyl groups is 1. The molecule has 0 radical (unpaired) electrons. The van der Waals surface area contributed by atoms with Gasteiger partial charge in [-0.05, 0) is 39.2 Å². The quantitative estimate of drug-likeness (QED) is 0.488. The van der Waals surface area contributed by atoms with E-state index < -0.39 is 11.9 Å². The Morgan fingerprint density at radius 1 is 1.16 bits per heavy atom. The number of carbonyl (C=O) groups excluding carboxylic acids is 1. The average Bonchev–Trinajstić information content (AvgIpc) is 2.74. The van der Waals surface area contributed by atoms with Gasteiger partial charge in [-0.15, -0.1) is 0 Å². The maximum Gasteiger partial charge on any atom is 0.305 e. The second kappa shape index (κ2) is 12.3. The fourth-order valence-corrected chi connectivity index (χ4v) is 3.86. The van der Waals surface area contributed by atoms with Gasteiger partial charge in [0.25, 0.3) is 0 Å². The number of carbonyl (C=O) groups is 1. The molecule has 0 unspecified atom stereocenters. The van der Waals surface area contributed by atoms with Gasteiger partial charge in [0.05, 0.1) is 50.8 Å². The second-order valence-corrected chi connectivity index (χ2v) is 8.78. The van der Waals surface area contributed by atoms with E-state index in [2.05, 4.69) is 18.2 Å². The number of methoxy groups -OCH3 is 1. The Labute approximate surface area is 186 Å². The molecule has 6 atom stereocenters. The van der Waals surface area contributed by atoms with Gasteiger partial charge in [-0.25, -0.2) is 0 Å². The molecule has 4 fully saturated rings. The van der Waals surface area contributed by atoms with Crippen LogP contribution >= 0.6 is 0 Å². The zero-order valence-electron chi connectivity index (χ0n) is 19.6. The summed E-state index contributed by atoms with van der Waals surface area (Å²) < 4.78 is 32.5. The van der Waals surface area contributed by atoms with Crippen molar-refractivity contribution in [3.05, 3.63) is 12.2 Å². The molecule has 0 aliphatic carbocycles. The highest BCUT2D eigenvalue weighted by atomic mass is 16.7. The normalized spacial score (nSPS) is 36.4. The lowest BCUT2D eigenvalue weighted by molar-refractivity contribution is -0.344. The van der Waals surface area contributed by atoms with Crippen LogP contribution in [-0.2, 0) is 33.2 Å². The van der Waals surface area contributed by atoms with Crippen molar-refractivity contribution in [2.45, 2.75) is 102 Å².